The zero-order chi connectivity index (χ0) is 19.9. The van der Waals surface area contributed by atoms with Crippen molar-refractivity contribution in [3.63, 3.8) is 0 Å². The average Bonchev–Trinajstić information content (AvgIpc) is 2.67. The molecule has 1 fully saturated rings. The highest BCUT2D eigenvalue weighted by atomic mass is 16.5. The molecular formula is C20H28N4O3. The molecule has 0 aromatic heterocycles. The fraction of sp³-hybridized carbons (Fsp3) is 0.550. The molecule has 0 aliphatic heterocycles. The lowest BCUT2D eigenvalue weighted by Crippen LogP contribution is -2.55. The molecule has 27 heavy (non-hydrogen) atoms. The molecule has 0 radical (unpaired) electrons. The first-order valence-electron chi connectivity index (χ1n) is 9.26. The number of nitriles is 1. The first kappa shape index (κ1) is 20.7. The lowest BCUT2D eigenvalue weighted by molar-refractivity contribution is -0.128. The van der Waals surface area contributed by atoms with Gasteiger partial charge in [-0.15, -0.1) is 0 Å². The number of nitrogens with zero attached hydrogens (tertiary/aromatic N) is 2. The van der Waals surface area contributed by atoms with E-state index < -0.39 is 11.6 Å². The van der Waals surface area contributed by atoms with Crippen LogP contribution < -0.4 is 15.4 Å². The van der Waals surface area contributed by atoms with Crippen LogP contribution in [-0.4, -0.2) is 49.0 Å². The van der Waals surface area contributed by atoms with Crippen molar-refractivity contribution >= 4 is 17.5 Å². The van der Waals surface area contributed by atoms with Crippen molar-refractivity contribution in [3.05, 3.63) is 24.3 Å². The standard InChI is InChI=1S/C20H28N4O3/c1-15(19(26)23-20(14-21)10-5-4-6-11-20)24(2)13-18(25)22-16-8-7-9-17(12-16)27-3/h7-9,12,15H,4-6,10-11,13H2,1-3H3,(H,22,25)(H,23,26). The predicted molar refractivity (Wildman–Crippen MR) is 103 cm³/mol. The molecule has 146 valence electrons. The maximum atomic E-state index is 12.6. The second-order valence-electron chi connectivity index (χ2n) is 7.12. The molecule has 0 heterocycles. The number of rotatable bonds is 7. The number of ether oxygens (including phenoxy) is 1. The predicted octanol–water partition coefficient (Wildman–Crippen LogP) is 2.30. The summed E-state index contributed by atoms with van der Waals surface area (Å²) in [6, 6.07) is 8.86. The number of amides is 2. The lowest BCUT2D eigenvalue weighted by Gasteiger charge is -2.34. The summed E-state index contributed by atoms with van der Waals surface area (Å²) in [7, 11) is 3.28. The van der Waals surface area contributed by atoms with Gasteiger partial charge in [0.1, 0.15) is 11.3 Å². The molecule has 7 heteroatoms. The van der Waals surface area contributed by atoms with Crippen LogP contribution >= 0.6 is 0 Å². The molecule has 1 aliphatic rings. The van der Waals surface area contributed by atoms with Crippen molar-refractivity contribution in [2.24, 2.45) is 0 Å². The fourth-order valence-corrected chi connectivity index (χ4v) is 3.23. The van der Waals surface area contributed by atoms with Crippen LogP contribution in [0.2, 0.25) is 0 Å². The van der Waals surface area contributed by atoms with Gasteiger partial charge in [-0.25, -0.2) is 0 Å². The highest BCUT2D eigenvalue weighted by molar-refractivity contribution is 5.93. The molecule has 1 aromatic carbocycles. The van der Waals surface area contributed by atoms with E-state index in [1.807, 2.05) is 0 Å². The molecule has 7 nitrogen and oxygen atoms in total. The Kier molecular flexibility index (Phi) is 7.19. The van der Waals surface area contributed by atoms with Crippen molar-refractivity contribution in [2.45, 2.75) is 50.6 Å². The van der Waals surface area contributed by atoms with E-state index in [-0.39, 0.29) is 18.4 Å². The van der Waals surface area contributed by atoms with E-state index in [1.165, 1.54) is 0 Å². The van der Waals surface area contributed by atoms with Gasteiger partial charge in [0.05, 0.1) is 25.8 Å². The molecule has 2 rings (SSSR count). The Labute approximate surface area is 160 Å². The van der Waals surface area contributed by atoms with E-state index in [9.17, 15) is 14.9 Å². The fourth-order valence-electron chi connectivity index (χ4n) is 3.23. The maximum absolute atomic E-state index is 12.6. The Morgan fingerprint density at radius 3 is 2.67 bits per heavy atom. The van der Waals surface area contributed by atoms with Gasteiger partial charge < -0.3 is 15.4 Å². The molecule has 1 atom stereocenters. The minimum atomic E-state index is -0.771. The summed E-state index contributed by atoms with van der Waals surface area (Å²) in [5, 5.41) is 15.2. The second kappa shape index (κ2) is 9.38. The molecule has 2 amide bonds. The molecule has 1 saturated carbocycles. The summed E-state index contributed by atoms with van der Waals surface area (Å²) in [6.45, 7) is 1.80. The number of hydrogen-bond acceptors (Lipinski definition) is 5. The zero-order valence-corrected chi connectivity index (χ0v) is 16.2. The molecule has 0 bridgehead atoms. The third-order valence-electron chi connectivity index (χ3n) is 5.07. The van der Waals surface area contributed by atoms with Crippen LogP contribution in [0.25, 0.3) is 0 Å². The van der Waals surface area contributed by atoms with E-state index >= 15 is 0 Å². The van der Waals surface area contributed by atoms with Crippen molar-refractivity contribution in [1.29, 1.82) is 5.26 Å². The molecule has 1 aliphatic carbocycles. The Morgan fingerprint density at radius 1 is 1.33 bits per heavy atom. The Balaban J connectivity index is 1.89. The zero-order valence-electron chi connectivity index (χ0n) is 16.2. The smallest absolute Gasteiger partial charge is 0.238 e. The summed E-state index contributed by atoms with van der Waals surface area (Å²) in [6.07, 6.45) is 4.35. The number of carbonyl (C=O) groups excluding carboxylic acids is 2. The average molecular weight is 372 g/mol. The van der Waals surface area contributed by atoms with Crippen LogP contribution in [0.4, 0.5) is 5.69 Å². The van der Waals surface area contributed by atoms with Gasteiger partial charge in [0.25, 0.3) is 0 Å². The summed E-state index contributed by atoms with van der Waals surface area (Å²) in [5.41, 5.74) is -0.136. The maximum Gasteiger partial charge on any atom is 0.238 e. The first-order valence-corrected chi connectivity index (χ1v) is 9.26. The largest absolute Gasteiger partial charge is 0.497 e. The van der Waals surface area contributed by atoms with Crippen molar-refractivity contribution in [2.75, 3.05) is 26.0 Å². The van der Waals surface area contributed by atoms with Gasteiger partial charge in [-0.2, -0.15) is 5.26 Å². The van der Waals surface area contributed by atoms with Gasteiger partial charge in [0.15, 0.2) is 0 Å². The van der Waals surface area contributed by atoms with Crippen LogP contribution in [0.1, 0.15) is 39.0 Å². The molecule has 0 spiro atoms. The Hall–Kier alpha value is -2.59. The van der Waals surface area contributed by atoms with E-state index in [4.69, 9.17) is 4.74 Å². The normalized spacial score (nSPS) is 16.9. The molecule has 0 saturated heterocycles. The van der Waals surface area contributed by atoms with E-state index in [2.05, 4.69) is 16.7 Å². The monoisotopic (exact) mass is 372 g/mol. The van der Waals surface area contributed by atoms with Crippen LogP contribution in [0.3, 0.4) is 0 Å². The van der Waals surface area contributed by atoms with Gasteiger partial charge in [-0.05, 0) is 38.9 Å². The first-order chi connectivity index (χ1) is 12.9. The van der Waals surface area contributed by atoms with Crippen molar-refractivity contribution < 1.29 is 14.3 Å². The third-order valence-corrected chi connectivity index (χ3v) is 5.07. The highest BCUT2D eigenvalue weighted by Gasteiger charge is 2.35. The molecule has 1 aromatic rings. The van der Waals surface area contributed by atoms with Gasteiger partial charge in [-0.1, -0.05) is 25.3 Å². The second-order valence-corrected chi connectivity index (χ2v) is 7.12. The minimum Gasteiger partial charge on any atom is -0.497 e. The number of carbonyl (C=O) groups is 2. The van der Waals surface area contributed by atoms with E-state index in [1.54, 1.807) is 50.2 Å². The topological polar surface area (TPSA) is 94.5 Å². The number of nitrogens with one attached hydrogen (secondary N) is 2. The number of likely N-dealkylation sites (N-methyl/N-ethyl adjacent to an activating group) is 1. The van der Waals surface area contributed by atoms with Crippen molar-refractivity contribution in [1.82, 2.24) is 10.2 Å². The Bertz CT molecular complexity index is 707. The number of methoxy groups -OCH3 is 1. The summed E-state index contributed by atoms with van der Waals surface area (Å²) < 4.78 is 5.14. The SMILES string of the molecule is COc1cccc(NC(=O)CN(C)C(C)C(=O)NC2(C#N)CCCCC2)c1. The van der Waals surface area contributed by atoms with E-state index in [0.717, 1.165) is 19.3 Å². The molecule has 1 unspecified atom stereocenters. The highest BCUT2D eigenvalue weighted by Crippen LogP contribution is 2.27. The molecule has 2 N–H and O–H groups in total. The lowest BCUT2D eigenvalue weighted by atomic mass is 9.82. The van der Waals surface area contributed by atoms with Crippen LogP contribution in [0.5, 0.6) is 5.75 Å². The summed E-state index contributed by atoms with van der Waals surface area (Å²) in [5.74, 6) is 0.205. The van der Waals surface area contributed by atoms with Gasteiger partial charge in [-0.3, -0.25) is 14.5 Å². The number of benzene rings is 1. The quantitative estimate of drug-likeness (QED) is 0.766. The number of hydrogen-bond donors (Lipinski definition) is 2. The van der Waals surface area contributed by atoms with Gasteiger partial charge in [0.2, 0.25) is 11.8 Å². The summed E-state index contributed by atoms with van der Waals surface area (Å²) >= 11 is 0. The summed E-state index contributed by atoms with van der Waals surface area (Å²) in [4.78, 5) is 26.5. The molecular weight excluding hydrogens is 344 g/mol. The van der Waals surface area contributed by atoms with Crippen LogP contribution in [0, 0.1) is 11.3 Å². The van der Waals surface area contributed by atoms with Gasteiger partial charge >= 0.3 is 0 Å². The third kappa shape index (κ3) is 5.69. The number of anilines is 1. The van der Waals surface area contributed by atoms with E-state index in [0.29, 0.717) is 24.3 Å². The Morgan fingerprint density at radius 2 is 2.04 bits per heavy atom. The minimum absolute atomic E-state index is 0.0609. The van der Waals surface area contributed by atoms with Crippen LogP contribution in [0.15, 0.2) is 24.3 Å². The van der Waals surface area contributed by atoms with Gasteiger partial charge in [0, 0.05) is 11.8 Å². The van der Waals surface area contributed by atoms with Crippen molar-refractivity contribution in [3.8, 4) is 11.8 Å². The van der Waals surface area contributed by atoms with Crippen LogP contribution in [-0.2, 0) is 9.59 Å².